The number of hydrogen-bond acceptors (Lipinski definition) is 4. The molecule has 0 bridgehead atoms. The molecule has 0 aliphatic carbocycles. The van der Waals surface area contributed by atoms with Gasteiger partial charge in [0, 0.05) is 38.4 Å². The number of nitrogens with one attached hydrogen (secondary N) is 1. The van der Waals surface area contributed by atoms with Crippen molar-refractivity contribution in [2.75, 3.05) is 11.6 Å². The average Bonchev–Trinajstić information content (AvgIpc) is 2.68. The van der Waals surface area contributed by atoms with Gasteiger partial charge in [-0.25, -0.2) is 4.98 Å². The maximum atomic E-state index is 11.3. The molecule has 0 aliphatic rings. The highest BCUT2D eigenvalue weighted by Gasteiger charge is 2.07. The van der Waals surface area contributed by atoms with Crippen LogP contribution in [0.15, 0.2) is 18.2 Å². The Morgan fingerprint density at radius 3 is 2.75 bits per heavy atom. The highest BCUT2D eigenvalue weighted by atomic mass is 35.5. The first kappa shape index (κ1) is 15.5. The predicted molar refractivity (Wildman–Crippen MR) is 88.1 cm³/mol. The van der Waals surface area contributed by atoms with Gasteiger partial charge < -0.3 is 5.32 Å². The van der Waals surface area contributed by atoms with Crippen LogP contribution in [0.25, 0.3) is 0 Å². The first-order valence-electron chi connectivity index (χ1n) is 6.21. The zero-order valence-electron chi connectivity index (χ0n) is 11.7. The summed E-state index contributed by atoms with van der Waals surface area (Å²) in [4.78, 5) is 5.65. The number of rotatable bonds is 5. The van der Waals surface area contributed by atoms with Crippen LogP contribution < -0.4 is 5.32 Å². The molecule has 6 heteroatoms. The minimum Gasteiger partial charge on any atom is -0.380 e. The summed E-state index contributed by atoms with van der Waals surface area (Å²) in [5.41, 5.74) is 2.97. The number of aryl methyl sites for hydroxylation is 2. The van der Waals surface area contributed by atoms with Crippen molar-refractivity contribution in [2.24, 2.45) is 0 Å². The second-order valence-corrected chi connectivity index (χ2v) is 7.75. The smallest absolute Gasteiger partial charge is 0.0900 e. The van der Waals surface area contributed by atoms with E-state index >= 15 is 0 Å². The van der Waals surface area contributed by atoms with Gasteiger partial charge in [0.05, 0.1) is 17.2 Å². The molecule has 0 radical (unpaired) electrons. The van der Waals surface area contributed by atoms with E-state index in [9.17, 15) is 4.21 Å². The molecule has 108 valence electrons. The summed E-state index contributed by atoms with van der Waals surface area (Å²) >= 11 is 7.82. The molecule has 0 fully saturated rings. The predicted octanol–water partition coefficient (Wildman–Crippen LogP) is 3.90. The van der Waals surface area contributed by atoms with E-state index in [0.29, 0.717) is 10.8 Å². The molecule has 1 atom stereocenters. The second-order valence-electron chi connectivity index (χ2n) is 4.62. The highest BCUT2D eigenvalue weighted by Crippen LogP contribution is 2.23. The molecule has 1 heterocycles. The number of thiazole rings is 1. The molecule has 2 aromatic rings. The van der Waals surface area contributed by atoms with E-state index in [1.807, 2.05) is 32.0 Å². The standard InChI is InChI=1S/C14H17ClN2OS2/c1-9-14(19-10(2)17-9)7-16-12-4-5-13(15)11(6-12)8-20(3)18/h4-6,16H,7-8H2,1-3H3/t20-/m1/s1. The van der Waals surface area contributed by atoms with E-state index in [1.54, 1.807) is 17.6 Å². The van der Waals surface area contributed by atoms with Crippen LogP contribution in [-0.2, 0) is 23.1 Å². The summed E-state index contributed by atoms with van der Waals surface area (Å²) < 4.78 is 11.3. The van der Waals surface area contributed by atoms with Gasteiger partial charge in [0.2, 0.25) is 0 Å². The maximum Gasteiger partial charge on any atom is 0.0900 e. The van der Waals surface area contributed by atoms with Crippen LogP contribution in [-0.4, -0.2) is 15.4 Å². The molecule has 3 nitrogen and oxygen atoms in total. The zero-order valence-corrected chi connectivity index (χ0v) is 14.1. The van der Waals surface area contributed by atoms with Gasteiger partial charge in [0.15, 0.2) is 0 Å². The third kappa shape index (κ3) is 4.04. The van der Waals surface area contributed by atoms with Gasteiger partial charge in [-0.3, -0.25) is 4.21 Å². The third-order valence-corrected chi connectivity index (χ3v) is 5.02. The lowest BCUT2D eigenvalue weighted by Gasteiger charge is -2.09. The Kier molecular flexibility index (Phi) is 5.18. The Labute approximate surface area is 130 Å². The quantitative estimate of drug-likeness (QED) is 0.905. The van der Waals surface area contributed by atoms with Crippen LogP contribution in [0.1, 0.15) is 21.1 Å². The van der Waals surface area contributed by atoms with Gasteiger partial charge in [0.25, 0.3) is 0 Å². The molecule has 0 unspecified atom stereocenters. The Morgan fingerprint density at radius 2 is 2.15 bits per heavy atom. The molecule has 1 N–H and O–H groups in total. The van der Waals surface area contributed by atoms with E-state index < -0.39 is 10.8 Å². The zero-order chi connectivity index (χ0) is 14.7. The topological polar surface area (TPSA) is 42.0 Å². The summed E-state index contributed by atoms with van der Waals surface area (Å²) in [6.07, 6.45) is 1.68. The van der Waals surface area contributed by atoms with Crippen LogP contribution in [0.2, 0.25) is 5.02 Å². The maximum absolute atomic E-state index is 11.3. The lowest BCUT2D eigenvalue weighted by atomic mass is 10.2. The van der Waals surface area contributed by atoms with Crippen LogP contribution in [0.3, 0.4) is 0 Å². The fourth-order valence-corrected chi connectivity index (χ4v) is 3.75. The number of nitrogens with zero attached hydrogens (tertiary/aromatic N) is 1. The number of aromatic nitrogens is 1. The first-order valence-corrected chi connectivity index (χ1v) is 9.13. The molecule has 1 aromatic carbocycles. The molecule has 0 saturated heterocycles. The van der Waals surface area contributed by atoms with Crippen LogP contribution in [0.4, 0.5) is 5.69 Å². The summed E-state index contributed by atoms with van der Waals surface area (Å²) in [6, 6.07) is 5.75. The van der Waals surface area contributed by atoms with Gasteiger partial charge >= 0.3 is 0 Å². The molecule has 0 amide bonds. The van der Waals surface area contributed by atoms with Crippen molar-refractivity contribution < 1.29 is 4.21 Å². The van der Waals surface area contributed by atoms with Crippen LogP contribution in [0.5, 0.6) is 0 Å². The lowest BCUT2D eigenvalue weighted by molar-refractivity contribution is 0.686. The molecule has 20 heavy (non-hydrogen) atoms. The van der Waals surface area contributed by atoms with Gasteiger partial charge in [0.1, 0.15) is 0 Å². The molecule has 2 rings (SSSR count). The van der Waals surface area contributed by atoms with Gasteiger partial charge in [-0.05, 0) is 37.6 Å². The van der Waals surface area contributed by atoms with E-state index in [4.69, 9.17) is 11.6 Å². The monoisotopic (exact) mass is 328 g/mol. The van der Waals surface area contributed by atoms with Crippen LogP contribution in [0, 0.1) is 13.8 Å². The van der Waals surface area contributed by atoms with Crippen molar-refractivity contribution in [1.82, 2.24) is 4.98 Å². The van der Waals surface area contributed by atoms with Crippen molar-refractivity contribution in [1.29, 1.82) is 0 Å². The fraction of sp³-hybridized carbons (Fsp3) is 0.357. The second kappa shape index (κ2) is 6.70. The minimum atomic E-state index is -0.895. The van der Waals surface area contributed by atoms with Gasteiger partial charge in [-0.15, -0.1) is 11.3 Å². The SMILES string of the molecule is Cc1nc(C)c(CNc2ccc(Cl)c(C[S@@](C)=O)c2)s1. The Hall–Kier alpha value is -0.910. The van der Waals surface area contributed by atoms with E-state index in [1.165, 1.54) is 4.88 Å². The van der Waals surface area contributed by atoms with Crippen molar-refractivity contribution >= 4 is 39.4 Å². The Morgan fingerprint density at radius 1 is 1.40 bits per heavy atom. The minimum absolute atomic E-state index is 0.479. The van der Waals surface area contributed by atoms with Crippen molar-refractivity contribution in [3.8, 4) is 0 Å². The normalized spacial score (nSPS) is 12.4. The molecular formula is C14H17ClN2OS2. The van der Waals surface area contributed by atoms with Gasteiger partial charge in [-0.2, -0.15) is 0 Å². The summed E-state index contributed by atoms with van der Waals surface area (Å²) in [5, 5.41) is 5.11. The molecule has 0 aliphatic heterocycles. The molecule has 0 saturated carbocycles. The Balaban J connectivity index is 2.10. The number of hydrogen-bond donors (Lipinski definition) is 1. The van der Waals surface area contributed by atoms with Gasteiger partial charge in [-0.1, -0.05) is 11.6 Å². The van der Waals surface area contributed by atoms with E-state index in [-0.39, 0.29) is 0 Å². The molecule has 1 aromatic heterocycles. The van der Waals surface area contributed by atoms with Crippen molar-refractivity contribution in [3.05, 3.63) is 44.4 Å². The lowest BCUT2D eigenvalue weighted by Crippen LogP contribution is -2.01. The van der Waals surface area contributed by atoms with Crippen molar-refractivity contribution in [2.45, 2.75) is 26.1 Å². The van der Waals surface area contributed by atoms with E-state index in [0.717, 1.165) is 28.5 Å². The number of halogens is 1. The summed E-state index contributed by atoms with van der Waals surface area (Å²) in [6.45, 7) is 4.78. The third-order valence-electron chi connectivity index (χ3n) is 2.86. The fourth-order valence-electron chi connectivity index (χ4n) is 1.93. The average molecular weight is 329 g/mol. The van der Waals surface area contributed by atoms with Crippen LogP contribution >= 0.6 is 22.9 Å². The summed E-state index contributed by atoms with van der Waals surface area (Å²) in [5.74, 6) is 0.479. The summed E-state index contributed by atoms with van der Waals surface area (Å²) in [7, 11) is -0.895. The van der Waals surface area contributed by atoms with E-state index in [2.05, 4.69) is 10.3 Å². The van der Waals surface area contributed by atoms with Crippen molar-refractivity contribution in [3.63, 3.8) is 0 Å². The largest absolute Gasteiger partial charge is 0.380 e. The first-order chi connectivity index (χ1) is 9.45. The highest BCUT2D eigenvalue weighted by molar-refractivity contribution is 7.83. The molecular weight excluding hydrogens is 312 g/mol. The molecule has 0 spiro atoms. The number of benzene rings is 1. The number of anilines is 1. The Bertz CT molecular complexity index is 640.